The van der Waals surface area contributed by atoms with Crippen LogP contribution in [-0.2, 0) is 6.54 Å². The molecular weight excluding hydrogens is 620 g/mol. The SMILES string of the molecule is CCCC(C)(CCNCC)Cn1c(-c2ccccc2C(=O)N2CC=C3C(C)(C)C(c4ccc(C(=O)O)cc4)=CC[C@]3(C)C2)nc2ccccc21. The van der Waals surface area contributed by atoms with Crippen LogP contribution in [0.4, 0.5) is 0 Å². The van der Waals surface area contributed by atoms with Crippen molar-refractivity contribution in [2.75, 3.05) is 26.2 Å². The summed E-state index contributed by atoms with van der Waals surface area (Å²) in [6.45, 7) is 17.5. The van der Waals surface area contributed by atoms with Crippen molar-refractivity contribution in [3.63, 3.8) is 0 Å². The number of carbonyl (C=O) groups is 2. The highest BCUT2D eigenvalue weighted by atomic mass is 16.4. The summed E-state index contributed by atoms with van der Waals surface area (Å²) in [7, 11) is 0. The van der Waals surface area contributed by atoms with E-state index < -0.39 is 5.97 Å². The Labute approximate surface area is 297 Å². The minimum Gasteiger partial charge on any atom is -0.478 e. The molecule has 3 aromatic carbocycles. The van der Waals surface area contributed by atoms with Crippen molar-refractivity contribution in [2.24, 2.45) is 16.2 Å². The van der Waals surface area contributed by atoms with Gasteiger partial charge in [-0.15, -0.1) is 0 Å². The van der Waals surface area contributed by atoms with E-state index in [9.17, 15) is 14.7 Å². The van der Waals surface area contributed by atoms with Gasteiger partial charge in [-0.2, -0.15) is 0 Å². The van der Waals surface area contributed by atoms with Gasteiger partial charge in [0.05, 0.1) is 22.2 Å². The molecule has 0 saturated carbocycles. The zero-order valence-corrected chi connectivity index (χ0v) is 30.6. The van der Waals surface area contributed by atoms with Crippen LogP contribution in [0, 0.1) is 16.2 Å². The molecule has 0 bridgehead atoms. The minimum absolute atomic E-state index is 0.0241. The maximum absolute atomic E-state index is 14.6. The molecule has 262 valence electrons. The van der Waals surface area contributed by atoms with Crippen LogP contribution in [0.25, 0.3) is 28.0 Å². The lowest BCUT2D eigenvalue weighted by atomic mass is 9.58. The summed E-state index contributed by atoms with van der Waals surface area (Å²) in [4.78, 5) is 33.3. The second-order valence-electron chi connectivity index (χ2n) is 15.4. The molecule has 7 nitrogen and oxygen atoms in total. The van der Waals surface area contributed by atoms with Crippen molar-refractivity contribution in [1.82, 2.24) is 19.8 Å². The van der Waals surface area contributed by atoms with Crippen LogP contribution in [0.15, 0.2) is 90.5 Å². The summed E-state index contributed by atoms with van der Waals surface area (Å²) >= 11 is 0. The number of para-hydroxylation sites is 2. The van der Waals surface area contributed by atoms with E-state index in [2.05, 4.69) is 87.8 Å². The molecule has 2 N–H and O–H groups in total. The van der Waals surface area contributed by atoms with E-state index in [4.69, 9.17) is 4.98 Å². The Balaban J connectivity index is 1.32. The molecule has 2 heterocycles. The molecule has 0 fully saturated rings. The highest BCUT2D eigenvalue weighted by Crippen LogP contribution is 2.55. The minimum atomic E-state index is -0.922. The van der Waals surface area contributed by atoms with Crippen molar-refractivity contribution >= 4 is 28.5 Å². The van der Waals surface area contributed by atoms with E-state index in [1.807, 2.05) is 41.3 Å². The Morgan fingerprint density at radius 3 is 2.38 bits per heavy atom. The first-order valence-corrected chi connectivity index (χ1v) is 18.2. The van der Waals surface area contributed by atoms with Crippen molar-refractivity contribution in [3.8, 4) is 11.4 Å². The molecule has 0 saturated heterocycles. The Bertz CT molecular complexity index is 1950. The first-order valence-electron chi connectivity index (χ1n) is 18.2. The number of amides is 1. The second-order valence-corrected chi connectivity index (χ2v) is 15.4. The molecule has 1 amide bonds. The molecule has 7 heteroatoms. The number of nitrogens with zero attached hydrogens (tertiary/aromatic N) is 3. The highest BCUT2D eigenvalue weighted by Gasteiger charge is 2.46. The normalized spacial score (nSPS) is 19.8. The van der Waals surface area contributed by atoms with Crippen LogP contribution >= 0.6 is 0 Å². The van der Waals surface area contributed by atoms with Crippen LogP contribution < -0.4 is 5.32 Å². The number of aromatic carboxylic acids is 1. The Morgan fingerprint density at radius 2 is 1.66 bits per heavy atom. The Kier molecular flexibility index (Phi) is 9.91. The molecule has 4 aromatic rings. The zero-order chi connectivity index (χ0) is 35.7. The Morgan fingerprint density at radius 1 is 0.940 bits per heavy atom. The molecule has 0 radical (unpaired) electrons. The lowest BCUT2D eigenvalue weighted by molar-refractivity contribution is 0.0679. The summed E-state index contributed by atoms with van der Waals surface area (Å²) in [6.07, 6.45) is 8.61. The first kappa shape index (κ1) is 35.3. The number of carboxylic acid groups (broad SMARTS) is 1. The quantitative estimate of drug-likeness (QED) is 0.116. The molecule has 2 atom stereocenters. The summed E-state index contributed by atoms with van der Waals surface area (Å²) in [5, 5.41) is 12.9. The molecule has 1 aliphatic heterocycles. The number of hydrogen-bond donors (Lipinski definition) is 2. The van der Waals surface area contributed by atoms with Crippen molar-refractivity contribution in [2.45, 2.75) is 73.8 Å². The molecule has 1 aliphatic carbocycles. The van der Waals surface area contributed by atoms with E-state index in [0.29, 0.717) is 18.7 Å². The maximum Gasteiger partial charge on any atom is 0.335 e. The fraction of sp³-hybridized carbons (Fsp3) is 0.419. The second kappa shape index (κ2) is 14.0. The van der Waals surface area contributed by atoms with Gasteiger partial charge in [-0.3, -0.25) is 4.79 Å². The lowest BCUT2D eigenvalue weighted by Gasteiger charge is -2.50. The van der Waals surface area contributed by atoms with Gasteiger partial charge in [0.15, 0.2) is 0 Å². The molecule has 2 aliphatic rings. The first-order chi connectivity index (χ1) is 23.9. The van der Waals surface area contributed by atoms with Gasteiger partial charge < -0.3 is 19.9 Å². The zero-order valence-electron chi connectivity index (χ0n) is 30.6. The Hall–Kier alpha value is -4.49. The lowest BCUT2D eigenvalue weighted by Crippen LogP contribution is -2.48. The van der Waals surface area contributed by atoms with Crippen LogP contribution in [0.2, 0.25) is 0 Å². The van der Waals surface area contributed by atoms with Crippen molar-refractivity contribution < 1.29 is 14.7 Å². The van der Waals surface area contributed by atoms with E-state index >= 15 is 0 Å². The predicted octanol–water partition coefficient (Wildman–Crippen LogP) is 9.11. The number of allylic oxidation sites excluding steroid dienone is 2. The highest BCUT2D eigenvalue weighted by molar-refractivity contribution is 6.01. The summed E-state index contributed by atoms with van der Waals surface area (Å²) < 4.78 is 2.36. The van der Waals surface area contributed by atoms with Gasteiger partial charge in [0.25, 0.3) is 5.91 Å². The van der Waals surface area contributed by atoms with Gasteiger partial charge in [-0.1, -0.05) is 108 Å². The number of aromatic nitrogens is 2. The third-order valence-electron chi connectivity index (χ3n) is 11.1. The van der Waals surface area contributed by atoms with Gasteiger partial charge >= 0.3 is 5.97 Å². The topological polar surface area (TPSA) is 87.5 Å². The smallest absolute Gasteiger partial charge is 0.335 e. The van der Waals surface area contributed by atoms with Gasteiger partial charge in [-0.25, -0.2) is 9.78 Å². The van der Waals surface area contributed by atoms with E-state index in [0.717, 1.165) is 73.3 Å². The monoisotopic (exact) mass is 672 g/mol. The summed E-state index contributed by atoms with van der Waals surface area (Å²) in [5.74, 6) is -0.0498. The maximum atomic E-state index is 14.6. The number of carboxylic acids is 1. The van der Waals surface area contributed by atoms with E-state index in [1.54, 1.807) is 12.1 Å². The van der Waals surface area contributed by atoms with Crippen LogP contribution in [-0.4, -0.2) is 57.6 Å². The van der Waals surface area contributed by atoms with Gasteiger partial charge in [0.1, 0.15) is 5.82 Å². The van der Waals surface area contributed by atoms with Gasteiger partial charge in [0, 0.05) is 36.0 Å². The van der Waals surface area contributed by atoms with Crippen LogP contribution in [0.1, 0.15) is 93.5 Å². The average molecular weight is 673 g/mol. The summed E-state index contributed by atoms with van der Waals surface area (Å²) in [6, 6.07) is 23.5. The number of carbonyl (C=O) groups excluding carboxylic acids is 1. The molecule has 50 heavy (non-hydrogen) atoms. The van der Waals surface area contributed by atoms with Crippen molar-refractivity contribution in [1.29, 1.82) is 0 Å². The molecule has 1 unspecified atom stereocenters. The third-order valence-corrected chi connectivity index (χ3v) is 11.1. The predicted molar refractivity (Wildman–Crippen MR) is 203 cm³/mol. The van der Waals surface area contributed by atoms with E-state index in [1.165, 1.54) is 11.1 Å². The molecular formula is C43H52N4O3. The van der Waals surface area contributed by atoms with Gasteiger partial charge in [-0.05, 0) is 79.2 Å². The number of fused-ring (bicyclic) bond motifs is 2. The fourth-order valence-electron chi connectivity index (χ4n) is 8.67. The number of benzene rings is 3. The standard InChI is InChI=1S/C43H52N4O3/c1-7-23-42(5,25-26-44-8-2)28-47-36-16-12-11-15-35(36)45-38(47)32-13-9-10-14-33(32)39(48)46-27-22-37-41(3,4)34(21-24-43(37,6)29-46)30-17-19-31(20-18-30)40(49)50/h9-22,44H,7-8,23-29H2,1-6H3,(H,49,50)/t42?,43-/m1/s1. The van der Waals surface area contributed by atoms with Crippen molar-refractivity contribution in [3.05, 3.63) is 107 Å². The third kappa shape index (κ3) is 6.68. The number of hydrogen-bond acceptors (Lipinski definition) is 4. The van der Waals surface area contributed by atoms with Crippen LogP contribution in [0.3, 0.4) is 0 Å². The summed E-state index contributed by atoms with van der Waals surface area (Å²) in [5.41, 5.74) is 7.01. The average Bonchev–Trinajstić information content (AvgIpc) is 3.45. The largest absolute Gasteiger partial charge is 0.478 e. The molecule has 1 aromatic heterocycles. The van der Waals surface area contributed by atoms with Crippen LogP contribution in [0.5, 0.6) is 0 Å². The van der Waals surface area contributed by atoms with E-state index in [-0.39, 0.29) is 27.7 Å². The molecule has 0 spiro atoms. The fourth-order valence-corrected chi connectivity index (χ4v) is 8.67. The number of imidazole rings is 1. The van der Waals surface area contributed by atoms with Gasteiger partial charge in [0.2, 0.25) is 0 Å². The number of nitrogens with one attached hydrogen (secondary N) is 1. The number of rotatable bonds is 12. The molecule has 6 rings (SSSR count).